The van der Waals surface area contributed by atoms with Crippen LogP contribution in [0.15, 0.2) is 71.6 Å². The molecule has 0 aliphatic heterocycles. The van der Waals surface area contributed by atoms with Crippen LogP contribution in [0.25, 0.3) is 0 Å². The van der Waals surface area contributed by atoms with Gasteiger partial charge in [0.15, 0.2) is 0 Å². The minimum atomic E-state index is -4.10. The summed E-state index contributed by atoms with van der Waals surface area (Å²) in [5.74, 6) is 0.383. The number of para-hydroxylation sites is 1. The fourth-order valence-corrected chi connectivity index (χ4v) is 5.10. The molecule has 0 fully saturated rings. The van der Waals surface area contributed by atoms with Gasteiger partial charge < -0.3 is 9.47 Å². The molecular formula is C22H21ClFNO4S. The second-order valence-corrected chi connectivity index (χ2v) is 8.72. The zero-order valence-corrected chi connectivity index (χ0v) is 18.2. The van der Waals surface area contributed by atoms with Crippen molar-refractivity contribution in [2.24, 2.45) is 0 Å². The molecule has 3 aromatic carbocycles. The summed E-state index contributed by atoms with van der Waals surface area (Å²) < 4.78 is 52.9. The minimum Gasteiger partial charge on any atom is -0.497 e. The first-order chi connectivity index (χ1) is 14.3. The van der Waals surface area contributed by atoms with E-state index in [1.54, 1.807) is 55.5 Å². The molecule has 0 aliphatic carbocycles. The maximum atomic E-state index is 13.6. The Morgan fingerprint density at radius 3 is 2.27 bits per heavy atom. The second kappa shape index (κ2) is 8.93. The number of nitrogens with zero attached hydrogens (tertiary/aromatic N) is 1. The van der Waals surface area contributed by atoms with E-state index in [-0.39, 0.29) is 9.92 Å². The predicted octanol–water partition coefficient (Wildman–Crippen LogP) is 5.45. The quantitative estimate of drug-likeness (QED) is 0.481. The monoisotopic (exact) mass is 449 g/mol. The third kappa shape index (κ3) is 4.22. The van der Waals surface area contributed by atoms with Gasteiger partial charge in [0.05, 0.1) is 35.9 Å². The number of ether oxygens (including phenoxy) is 2. The predicted molar refractivity (Wildman–Crippen MR) is 115 cm³/mol. The van der Waals surface area contributed by atoms with Crippen LogP contribution in [0.1, 0.15) is 18.5 Å². The Morgan fingerprint density at radius 2 is 1.67 bits per heavy atom. The van der Waals surface area contributed by atoms with Crippen LogP contribution < -0.4 is 13.8 Å². The summed E-state index contributed by atoms with van der Waals surface area (Å²) in [4.78, 5) is -0.119. The third-order valence-electron chi connectivity index (χ3n) is 4.70. The minimum absolute atomic E-state index is 0.119. The van der Waals surface area contributed by atoms with Gasteiger partial charge in [0.2, 0.25) is 0 Å². The van der Waals surface area contributed by atoms with Crippen molar-refractivity contribution in [3.63, 3.8) is 0 Å². The van der Waals surface area contributed by atoms with E-state index in [0.717, 1.165) is 12.1 Å². The molecule has 0 aromatic heterocycles. The van der Waals surface area contributed by atoms with Gasteiger partial charge in [-0.1, -0.05) is 29.8 Å². The Hall–Kier alpha value is -2.77. The highest BCUT2D eigenvalue weighted by molar-refractivity contribution is 7.92. The van der Waals surface area contributed by atoms with Crippen LogP contribution in [0.3, 0.4) is 0 Å². The van der Waals surface area contributed by atoms with Gasteiger partial charge in [0.25, 0.3) is 10.0 Å². The zero-order chi connectivity index (χ0) is 21.9. The lowest BCUT2D eigenvalue weighted by Crippen LogP contribution is -2.34. The number of halogens is 2. The molecule has 0 saturated carbocycles. The topological polar surface area (TPSA) is 55.8 Å². The van der Waals surface area contributed by atoms with Crippen LogP contribution in [0, 0.1) is 5.82 Å². The summed E-state index contributed by atoms with van der Waals surface area (Å²) in [6.45, 7) is 1.74. The van der Waals surface area contributed by atoms with Crippen LogP contribution in [0.5, 0.6) is 11.5 Å². The van der Waals surface area contributed by atoms with Crippen LogP contribution in [-0.2, 0) is 10.0 Å². The molecule has 0 N–H and O–H groups in total. The average molecular weight is 450 g/mol. The van der Waals surface area contributed by atoms with E-state index in [9.17, 15) is 12.8 Å². The van der Waals surface area contributed by atoms with Gasteiger partial charge in [-0.05, 0) is 55.5 Å². The Kier molecular flexibility index (Phi) is 6.53. The summed E-state index contributed by atoms with van der Waals surface area (Å²) in [7, 11) is -1.06. The van der Waals surface area contributed by atoms with Gasteiger partial charge in [-0.2, -0.15) is 0 Å². The van der Waals surface area contributed by atoms with Crippen molar-refractivity contribution >= 4 is 27.3 Å². The van der Waals surface area contributed by atoms with Gasteiger partial charge in [-0.3, -0.25) is 4.31 Å². The lowest BCUT2D eigenvalue weighted by atomic mass is 10.1. The van der Waals surface area contributed by atoms with Crippen molar-refractivity contribution in [2.45, 2.75) is 17.9 Å². The number of hydrogen-bond acceptors (Lipinski definition) is 4. The smallest absolute Gasteiger partial charge is 0.264 e. The van der Waals surface area contributed by atoms with Crippen molar-refractivity contribution < 1.29 is 22.3 Å². The van der Waals surface area contributed by atoms with Gasteiger partial charge in [0, 0.05) is 5.56 Å². The van der Waals surface area contributed by atoms with Gasteiger partial charge >= 0.3 is 0 Å². The fourth-order valence-electron chi connectivity index (χ4n) is 3.19. The zero-order valence-electron chi connectivity index (χ0n) is 16.7. The molecule has 0 saturated heterocycles. The molecule has 0 amide bonds. The number of benzene rings is 3. The molecule has 0 bridgehead atoms. The van der Waals surface area contributed by atoms with Crippen LogP contribution >= 0.6 is 11.6 Å². The Morgan fingerprint density at radius 1 is 0.967 bits per heavy atom. The number of sulfonamides is 1. The normalized spacial score (nSPS) is 12.3. The summed E-state index contributed by atoms with van der Waals surface area (Å²) >= 11 is 5.86. The molecule has 0 radical (unpaired) electrons. The van der Waals surface area contributed by atoms with Gasteiger partial charge in [0.1, 0.15) is 17.3 Å². The standard InChI is InChI=1S/C22H21ClFNO4S/c1-15(19-13-17(28-2)9-12-22(19)29-3)25(16-7-5-4-6-8-16)30(26,27)18-10-11-21(24)20(23)14-18/h4-15H,1-3H3. The number of methoxy groups -OCH3 is 2. The first kappa shape index (κ1) is 21.9. The summed E-state index contributed by atoms with van der Waals surface area (Å²) in [5.41, 5.74) is 1.05. The molecule has 0 heterocycles. The molecule has 3 aromatic rings. The molecule has 1 atom stereocenters. The molecule has 1 unspecified atom stereocenters. The van der Waals surface area contributed by atoms with E-state index >= 15 is 0 Å². The maximum absolute atomic E-state index is 13.6. The summed E-state index contributed by atoms with van der Waals surface area (Å²) in [6, 6.07) is 16.5. The van der Waals surface area contributed by atoms with Crippen molar-refractivity contribution in [3.05, 3.63) is 83.1 Å². The van der Waals surface area contributed by atoms with E-state index in [0.29, 0.717) is 22.7 Å². The van der Waals surface area contributed by atoms with Crippen molar-refractivity contribution in [3.8, 4) is 11.5 Å². The summed E-state index contributed by atoms with van der Waals surface area (Å²) in [5, 5.41) is -0.268. The average Bonchev–Trinajstić information content (AvgIpc) is 2.75. The first-order valence-electron chi connectivity index (χ1n) is 9.06. The number of rotatable bonds is 7. The molecular weight excluding hydrogens is 429 g/mol. The molecule has 3 rings (SSSR count). The molecule has 0 spiro atoms. The van der Waals surface area contributed by atoms with Crippen molar-refractivity contribution in [2.75, 3.05) is 18.5 Å². The maximum Gasteiger partial charge on any atom is 0.264 e. The van der Waals surface area contributed by atoms with E-state index < -0.39 is 21.9 Å². The highest BCUT2D eigenvalue weighted by Crippen LogP contribution is 2.38. The lowest BCUT2D eigenvalue weighted by Gasteiger charge is -2.32. The number of hydrogen-bond donors (Lipinski definition) is 0. The van der Waals surface area contributed by atoms with Crippen molar-refractivity contribution in [1.29, 1.82) is 0 Å². The Labute approximate surface area is 180 Å². The Bertz CT molecular complexity index is 1140. The highest BCUT2D eigenvalue weighted by Gasteiger charge is 2.32. The highest BCUT2D eigenvalue weighted by atomic mass is 35.5. The third-order valence-corrected chi connectivity index (χ3v) is 6.88. The lowest BCUT2D eigenvalue weighted by molar-refractivity contribution is 0.396. The van der Waals surface area contributed by atoms with E-state index in [2.05, 4.69) is 0 Å². The van der Waals surface area contributed by atoms with Gasteiger partial charge in [-0.15, -0.1) is 0 Å². The largest absolute Gasteiger partial charge is 0.497 e. The summed E-state index contributed by atoms with van der Waals surface area (Å²) in [6.07, 6.45) is 0. The molecule has 5 nitrogen and oxygen atoms in total. The Balaban J connectivity index is 2.21. The fraction of sp³-hybridized carbons (Fsp3) is 0.182. The molecule has 30 heavy (non-hydrogen) atoms. The molecule has 0 aliphatic rings. The molecule has 8 heteroatoms. The van der Waals surface area contributed by atoms with Crippen LogP contribution in [0.4, 0.5) is 10.1 Å². The second-order valence-electron chi connectivity index (χ2n) is 6.50. The van der Waals surface area contributed by atoms with Crippen molar-refractivity contribution in [1.82, 2.24) is 0 Å². The first-order valence-corrected chi connectivity index (χ1v) is 10.9. The van der Waals surface area contributed by atoms with Crippen LogP contribution in [0.2, 0.25) is 5.02 Å². The van der Waals surface area contributed by atoms with Gasteiger partial charge in [-0.25, -0.2) is 12.8 Å². The van der Waals surface area contributed by atoms with E-state index in [1.165, 1.54) is 24.6 Å². The molecule has 158 valence electrons. The SMILES string of the molecule is COc1ccc(OC)c(C(C)N(c2ccccc2)S(=O)(=O)c2ccc(F)c(Cl)c2)c1. The van der Waals surface area contributed by atoms with E-state index in [1.807, 2.05) is 0 Å². The van der Waals surface area contributed by atoms with E-state index in [4.69, 9.17) is 21.1 Å². The number of anilines is 1. The van der Waals surface area contributed by atoms with Crippen LogP contribution in [-0.4, -0.2) is 22.6 Å².